The number of para-hydroxylation sites is 1. The Labute approximate surface area is 190 Å². The zero-order valence-electron chi connectivity index (χ0n) is 18.5. The fourth-order valence-electron chi connectivity index (χ4n) is 2.62. The van der Waals surface area contributed by atoms with Gasteiger partial charge in [-0.2, -0.15) is 0 Å². The van der Waals surface area contributed by atoms with Crippen molar-refractivity contribution < 1.29 is 14.7 Å². The van der Waals surface area contributed by atoms with Crippen LogP contribution in [0.15, 0.2) is 84.9 Å². The smallest absolute Gasteiger partial charge is 0.320 e. The summed E-state index contributed by atoms with van der Waals surface area (Å²) in [4.78, 5) is 20.6. The molecule has 0 aliphatic heterocycles. The standard InChI is InChI=1S/C13H10O.C7H9N.C6H14N2O2/c14-10-11-6-8-13(9-7-11)12-4-2-1-3-5-12;1-8-7-5-3-2-4-6-7;7-4-2-1-3-5(8)6(9)10/h1-10H;2-6,8H,1H3;5H,1-4,7-8H2,(H,9,10)/t;;5-/m..0/s1. The zero-order chi connectivity index (χ0) is 23.6. The van der Waals surface area contributed by atoms with Crippen LogP contribution in [0.5, 0.6) is 0 Å². The molecule has 0 saturated carbocycles. The fraction of sp³-hybridized carbons (Fsp3) is 0.231. The number of carboxylic acid groups (broad SMARTS) is 1. The van der Waals surface area contributed by atoms with E-state index in [1.165, 1.54) is 5.56 Å². The Morgan fingerprint density at radius 3 is 1.88 bits per heavy atom. The van der Waals surface area contributed by atoms with E-state index in [-0.39, 0.29) is 0 Å². The maximum atomic E-state index is 10.5. The number of benzene rings is 3. The summed E-state index contributed by atoms with van der Waals surface area (Å²) in [6.45, 7) is 0.604. The van der Waals surface area contributed by atoms with Crippen molar-refractivity contribution >= 4 is 17.9 Å². The number of anilines is 1. The lowest BCUT2D eigenvalue weighted by atomic mass is 10.0. The molecule has 3 rings (SSSR count). The van der Waals surface area contributed by atoms with Gasteiger partial charge in [-0.1, -0.05) is 79.2 Å². The number of carbonyl (C=O) groups excluding carboxylic acids is 1. The number of aliphatic carboxylic acids is 1. The lowest BCUT2D eigenvalue weighted by molar-refractivity contribution is -0.138. The first kappa shape index (κ1) is 26.6. The molecule has 6 nitrogen and oxygen atoms in total. The Bertz CT molecular complexity index is 885. The van der Waals surface area contributed by atoms with E-state index in [1.54, 1.807) is 0 Å². The average molecular weight is 436 g/mol. The molecule has 3 aromatic rings. The van der Waals surface area contributed by atoms with Crippen molar-refractivity contribution in [3.05, 3.63) is 90.5 Å². The molecule has 0 saturated heterocycles. The fourth-order valence-corrected chi connectivity index (χ4v) is 2.62. The van der Waals surface area contributed by atoms with Crippen LogP contribution in [0.3, 0.4) is 0 Å². The number of unbranched alkanes of at least 4 members (excludes halogenated alkanes) is 1. The van der Waals surface area contributed by atoms with E-state index in [2.05, 4.69) is 17.4 Å². The van der Waals surface area contributed by atoms with Crippen LogP contribution in [-0.2, 0) is 4.79 Å². The third-order valence-electron chi connectivity index (χ3n) is 4.50. The largest absolute Gasteiger partial charge is 0.480 e. The van der Waals surface area contributed by atoms with Crippen LogP contribution in [0.4, 0.5) is 5.69 Å². The molecule has 0 bridgehead atoms. The molecule has 6 N–H and O–H groups in total. The van der Waals surface area contributed by atoms with Gasteiger partial charge >= 0.3 is 5.97 Å². The molecular formula is C26H33N3O3. The lowest BCUT2D eigenvalue weighted by Gasteiger charge is -2.03. The molecule has 1 atom stereocenters. The van der Waals surface area contributed by atoms with Gasteiger partial charge in [0, 0.05) is 18.3 Å². The second-order valence-corrected chi connectivity index (χ2v) is 6.95. The molecule has 0 amide bonds. The quantitative estimate of drug-likeness (QED) is 0.307. The third kappa shape index (κ3) is 11.1. The molecule has 6 heteroatoms. The molecule has 170 valence electrons. The van der Waals surface area contributed by atoms with Crippen molar-refractivity contribution in [1.82, 2.24) is 0 Å². The minimum Gasteiger partial charge on any atom is -0.480 e. The lowest BCUT2D eigenvalue weighted by Crippen LogP contribution is -2.29. The number of hydrogen-bond donors (Lipinski definition) is 4. The molecule has 32 heavy (non-hydrogen) atoms. The van der Waals surface area contributed by atoms with Gasteiger partial charge in [0.1, 0.15) is 12.3 Å². The highest BCUT2D eigenvalue weighted by Gasteiger charge is 2.09. The summed E-state index contributed by atoms with van der Waals surface area (Å²) < 4.78 is 0. The number of aldehydes is 1. The van der Waals surface area contributed by atoms with Gasteiger partial charge in [-0.3, -0.25) is 9.59 Å². The highest BCUT2D eigenvalue weighted by atomic mass is 16.4. The van der Waals surface area contributed by atoms with Crippen LogP contribution in [0.1, 0.15) is 29.6 Å². The second-order valence-electron chi connectivity index (χ2n) is 6.95. The first-order valence-corrected chi connectivity index (χ1v) is 10.5. The summed E-state index contributed by atoms with van der Waals surface area (Å²) in [5, 5.41) is 11.4. The van der Waals surface area contributed by atoms with E-state index in [0.717, 1.165) is 30.4 Å². The topological polar surface area (TPSA) is 118 Å². The molecular weight excluding hydrogens is 402 g/mol. The maximum Gasteiger partial charge on any atom is 0.320 e. The Kier molecular flexibility index (Phi) is 13.5. The van der Waals surface area contributed by atoms with Crippen molar-refractivity contribution in [2.45, 2.75) is 25.3 Å². The number of carboxylic acids is 1. The van der Waals surface area contributed by atoms with Crippen molar-refractivity contribution in [3.63, 3.8) is 0 Å². The maximum absolute atomic E-state index is 10.5. The number of carbonyl (C=O) groups is 2. The van der Waals surface area contributed by atoms with Crippen molar-refractivity contribution in [2.24, 2.45) is 11.5 Å². The highest BCUT2D eigenvalue weighted by Crippen LogP contribution is 2.18. The molecule has 0 fully saturated rings. The highest BCUT2D eigenvalue weighted by molar-refractivity contribution is 5.76. The minimum absolute atomic E-state index is 0.520. The average Bonchev–Trinajstić information content (AvgIpc) is 2.86. The van der Waals surface area contributed by atoms with Gasteiger partial charge in [-0.25, -0.2) is 0 Å². The SMILES string of the molecule is CNc1ccccc1.NCCCC[C@H](N)C(=O)O.O=Cc1ccc(-c2ccccc2)cc1. The summed E-state index contributed by atoms with van der Waals surface area (Å²) in [5.41, 5.74) is 14.6. The summed E-state index contributed by atoms with van der Waals surface area (Å²) >= 11 is 0. The zero-order valence-corrected chi connectivity index (χ0v) is 18.5. The van der Waals surface area contributed by atoms with Crippen LogP contribution in [0.2, 0.25) is 0 Å². The molecule has 3 aromatic carbocycles. The van der Waals surface area contributed by atoms with Crippen LogP contribution < -0.4 is 16.8 Å². The second kappa shape index (κ2) is 16.2. The number of hydrogen-bond acceptors (Lipinski definition) is 5. The number of rotatable bonds is 8. The van der Waals surface area contributed by atoms with E-state index < -0.39 is 12.0 Å². The van der Waals surface area contributed by atoms with Crippen molar-refractivity contribution in [3.8, 4) is 11.1 Å². The third-order valence-corrected chi connectivity index (χ3v) is 4.50. The Morgan fingerprint density at radius 2 is 1.44 bits per heavy atom. The first-order chi connectivity index (χ1) is 15.5. The summed E-state index contributed by atoms with van der Waals surface area (Å²) in [7, 11) is 1.91. The number of nitrogens with two attached hydrogens (primary N) is 2. The van der Waals surface area contributed by atoms with Crippen LogP contribution in [0, 0.1) is 0 Å². The Balaban J connectivity index is 0.000000252. The van der Waals surface area contributed by atoms with Crippen molar-refractivity contribution in [2.75, 3.05) is 18.9 Å². The first-order valence-electron chi connectivity index (χ1n) is 10.5. The predicted octanol–water partition coefficient (Wildman–Crippen LogP) is 4.42. The molecule has 0 heterocycles. The molecule has 0 aliphatic rings. The number of nitrogens with one attached hydrogen (secondary N) is 1. The van der Waals surface area contributed by atoms with Gasteiger partial charge in [0.05, 0.1) is 0 Å². The van der Waals surface area contributed by atoms with Crippen LogP contribution in [0.25, 0.3) is 11.1 Å². The van der Waals surface area contributed by atoms with Gasteiger partial charge in [0.2, 0.25) is 0 Å². The van der Waals surface area contributed by atoms with Gasteiger partial charge in [-0.05, 0) is 42.6 Å². The van der Waals surface area contributed by atoms with Crippen LogP contribution in [-0.4, -0.2) is 37.0 Å². The van der Waals surface area contributed by atoms with Gasteiger partial charge in [0.15, 0.2) is 0 Å². The van der Waals surface area contributed by atoms with E-state index in [1.807, 2.05) is 79.8 Å². The predicted molar refractivity (Wildman–Crippen MR) is 132 cm³/mol. The summed E-state index contributed by atoms with van der Waals surface area (Å²) in [6.07, 6.45) is 3.02. The van der Waals surface area contributed by atoms with Gasteiger partial charge < -0.3 is 21.9 Å². The normalized spacial score (nSPS) is 10.5. The summed E-state index contributed by atoms with van der Waals surface area (Å²) in [5.74, 6) is -0.933. The Morgan fingerprint density at radius 1 is 0.906 bits per heavy atom. The van der Waals surface area contributed by atoms with Gasteiger partial charge in [-0.15, -0.1) is 0 Å². The van der Waals surface area contributed by atoms with E-state index in [9.17, 15) is 9.59 Å². The molecule has 0 aliphatic carbocycles. The monoisotopic (exact) mass is 435 g/mol. The molecule has 0 radical (unpaired) electrons. The van der Waals surface area contributed by atoms with Crippen LogP contribution >= 0.6 is 0 Å². The van der Waals surface area contributed by atoms with Crippen molar-refractivity contribution in [1.29, 1.82) is 0 Å². The summed E-state index contributed by atoms with van der Waals surface area (Å²) in [6, 6.07) is 27.0. The van der Waals surface area contributed by atoms with E-state index >= 15 is 0 Å². The molecule has 0 unspecified atom stereocenters. The van der Waals surface area contributed by atoms with E-state index in [4.69, 9.17) is 16.6 Å². The molecule has 0 aromatic heterocycles. The van der Waals surface area contributed by atoms with Gasteiger partial charge in [0.25, 0.3) is 0 Å². The Hall–Kier alpha value is -3.48. The van der Waals surface area contributed by atoms with E-state index in [0.29, 0.717) is 18.5 Å². The minimum atomic E-state index is -0.933. The molecule has 0 spiro atoms.